The fourth-order valence-electron chi connectivity index (χ4n) is 1.57. The molecule has 7 heteroatoms. The van der Waals surface area contributed by atoms with Gasteiger partial charge in [-0.25, -0.2) is 12.8 Å². The van der Waals surface area contributed by atoms with Crippen molar-refractivity contribution < 1.29 is 12.8 Å². The molecule has 0 bridgehead atoms. The maximum absolute atomic E-state index is 13.3. The Labute approximate surface area is 115 Å². The standard InChI is InChI=1S/C13H10FN3O2S/c14-11-2-1-3-12(13(11)16)20(18,19)17-10-6-4-9(8-15)5-7-10/h1-7,17H,16H2. The summed E-state index contributed by atoms with van der Waals surface area (Å²) in [5.41, 5.74) is 5.65. The smallest absolute Gasteiger partial charge is 0.264 e. The summed E-state index contributed by atoms with van der Waals surface area (Å²) in [5, 5.41) is 8.66. The van der Waals surface area contributed by atoms with Crippen LogP contribution in [-0.4, -0.2) is 8.42 Å². The molecular formula is C13H10FN3O2S. The molecule has 0 fully saturated rings. The van der Waals surface area contributed by atoms with E-state index in [9.17, 15) is 12.8 Å². The number of anilines is 2. The van der Waals surface area contributed by atoms with Crippen LogP contribution < -0.4 is 10.5 Å². The van der Waals surface area contributed by atoms with Crippen LogP contribution in [0.1, 0.15) is 5.56 Å². The van der Waals surface area contributed by atoms with Crippen molar-refractivity contribution in [2.75, 3.05) is 10.5 Å². The molecule has 0 aliphatic rings. The highest BCUT2D eigenvalue weighted by Gasteiger charge is 2.19. The van der Waals surface area contributed by atoms with Gasteiger partial charge in [-0.05, 0) is 36.4 Å². The predicted molar refractivity (Wildman–Crippen MR) is 72.8 cm³/mol. The Morgan fingerprint density at radius 1 is 1.15 bits per heavy atom. The van der Waals surface area contributed by atoms with Crippen LogP contribution in [0, 0.1) is 17.1 Å². The lowest BCUT2D eigenvalue weighted by Gasteiger charge is -2.10. The fourth-order valence-corrected chi connectivity index (χ4v) is 2.78. The number of nitriles is 1. The van der Waals surface area contributed by atoms with Crippen LogP contribution in [0.3, 0.4) is 0 Å². The average Bonchev–Trinajstić information content (AvgIpc) is 2.42. The van der Waals surface area contributed by atoms with Crippen LogP contribution in [0.2, 0.25) is 0 Å². The number of nitrogens with one attached hydrogen (secondary N) is 1. The van der Waals surface area contributed by atoms with Crippen molar-refractivity contribution >= 4 is 21.4 Å². The number of hydrogen-bond donors (Lipinski definition) is 2. The third-order valence-electron chi connectivity index (χ3n) is 2.57. The highest BCUT2D eigenvalue weighted by Crippen LogP contribution is 2.23. The van der Waals surface area contributed by atoms with Gasteiger partial charge in [-0.3, -0.25) is 4.72 Å². The molecule has 0 saturated carbocycles. The van der Waals surface area contributed by atoms with E-state index in [0.717, 1.165) is 6.07 Å². The molecule has 102 valence electrons. The van der Waals surface area contributed by atoms with Crippen molar-refractivity contribution in [3.8, 4) is 6.07 Å². The van der Waals surface area contributed by atoms with Gasteiger partial charge in [0.25, 0.3) is 10.0 Å². The normalized spacial score (nSPS) is 10.8. The van der Waals surface area contributed by atoms with Gasteiger partial charge in [-0.2, -0.15) is 5.26 Å². The Morgan fingerprint density at radius 2 is 1.80 bits per heavy atom. The van der Waals surface area contributed by atoms with Gasteiger partial charge in [0.2, 0.25) is 0 Å². The summed E-state index contributed by atoms with van der Waals surface area (Å²) in [6.07, 6.45) is 0. The number of nitrogens with zero attached hydrogens (tertiary/aromatic N) is 1. The fraction of sp³-hybridized carbons (Fsp3) is 0. The highest BCUT2D eigenvalue weighted by atomic mass is 32.2. The molecule has 2 aromatic carbocycles. The van der Waals surface area contributed by atoms with E-state index < -0.39 is 21.5 Å². The topological polar surface area (TPSA) is 96.0 Å². The lowest BCUT2D eigenvalue weighted by atomic mass is 10.2. The van der Waals surface area contributed by atoms with E-state index in [-0.39, 0.29) is 10.6 Å². The van der Waals surface area contributed by atoms with E-state index in [1.54, 1.807) is 0 Å². The Balaban J connectivity index is 2.36. The summed E-state index contributed by atoms with van der Waals surface area (Å²) in [6, 6.07) is 11.3. The predicted octanol–water partition coefficient (Wildman–Crippen LogP) is 2.08. The lowest BCUT2D eigenvalue weighted by molar-refractivity contribution is 0.597. The molecule has 3 N–H and O–H groups in total. The third kappa shape index (κ3) is 2.70. The third-order valence-corrected chi connectivity index (χ3v) is 4.01. The molecule has 20 heavy (non-hydrogen) atoms. The van der Waals surface area contributed by atoms with Crippen LogP contribution in [-0.2, 0) is 10.0 Å². The first-order valence-electron chi connectivity index (χ1n) is 5.51. The lowest BCUT2D eigenvalue weighted by Crippen LogP contribution is -2.15. The first-order chi connectivity index (χ1) is 9.44. The molecule has 0 aliphatic heterocycles. The minimum absolute atomic E-state index is 0.257. The molecule has 0 heterocycles. The quantitative estimate of drug-likeness (QED) is 0.846. The van der Waals surface area contributed by atoms with Crippen LogP contribution in [0.25, 0.3) is 0 Å². The minimum atomic E-state index is -3.98. The maximum Gasteiger partial charge on any atom is 0.264 e. The number of nitrogens with two attached hydrogens (primary N) is 1. The van der Waals surface area contributed by atoms with Crippen LogP contribution in [0.5, 0.6) is 0 Å². The van der Waals surface area contributed by atoms with Gasteiger partial charge in [0, 0.05) is 5.69 Å². The first-order valence-corrected chi connectivity index (χ1v) is 6.99. The molecule has 0 atom stereocenters. The van der Waals surface area contributed by atoms with E-state index in [1.807, 2.05) is 6.07 Å². The van der Waals surface area contributed by atoms with Crippen molar-refractivity contribution in [1.82, 2.24) is 0 Å². The van der Waals surface area contributed by atoms with Crippen LogP contribution >= 0.6 is 0 Å². The van der Waals surface area contributed by atoms with Crippen molar-refractivity contribution in [1.29, 1.82) is 5.26 Å². The van der Waals surface area contributed by atoms with Crippen molar-refractivity contribution in [2.45, 2.75) is 4.90 Å². The molecule has 0 aliphatic carbocycles. The number of halogens is 1. The molecule has 0 amide bonds. The van der Waals surface area contributed by atoms with Gasteiger partial charge >= 0.3 is 0 Å². The average molecular weight is 291 g/mol. The molecule has 0 spiro atoms. The molecule has 5 nitrogen and oxygen atoms in total. The summed E-state index contributed by atoms with van der Waals surface area (Å²) < 4.78 is 39.8. The summed E-state index contributed by atoms with van der Waals surface area (Å²) in [4.78, 5) is -0.332. The number of para-hydroxylation sites is 1. The summed E-state index contributed by atoms with van der Waals surface area (Å²) in [5.74, 6) is -0.798. The van der Waals surface area contributed by atoms with Gasteiger partial charge in [0.15, 0.2) is 0 Å². The zero-order valence-electron chi connectivity index (χ0n) is 10.2. The first kappa shape index (κ1) is 13.8. The second-order valence-electron chi connectivity index (χ2n) is 3.95. The zero-order chi connectivity index (χ0) is 14.8. The monoisotopic (exact) mass is 291 g/mol. The van der Waals surface area contributed by atoms with E-state index in [4.69, 9.17) is 11.0 Å². The second-order valence-corrected chi connectivity index (χ2v) is 5.60. The number of nitrogen functional groups attached to an aromatic ring is 1. The van der Waals surface area contributed by atoms with Crippen LogP contribution in [0.15, 0.2) is 47.4 Å². The summed E-state index contributed by atoms with van der Waals surface area (Å²) in [7, 11) is -3.98. The SMILES string of the molecule is N#Cc1ccc(NS(=O)(=O)c2cccc(F)c2N)cc1. The molecule has 0 unspecified atom stereocenters. The summed E-state index contributed by atoms with van der Waals surface area (Å²) in [6.45, 7) is 0. The molecule has 2 aromatic rings. The molecular weight excluding hydrogens is 281 g/mol. The number of benzene rings is 2. The van der Waals surface area contributed by atoms with Gasteiger partial charge < -0.3 is 5.73 Å². The molecule has 2 rings (SSSR count). The Bertz CT molecular complexity index is 780. The molecule has 0 saturated heterocycles. The zero-order valence-corrected chi connectivity index (χ0v) is 11.0. The molecule has 0 aromatic heterocycles. The highest BCUT2D eigenvalue weighted by molar-refractivity contribution is 7.92. The van der Waals surface area contributed by atoms with Gasteiger partial charge in [-0.1, -0.05) is 6.07 Å². The van der Waals surface area contributed by atoms with Gasteiger partial charge in [-0.15, -0.1) is 0 Å². The minimum Gasteiger partial charge on any atom is -0.395 e. The van der Waals surface area contributed by atoms with Gasteiger partial charge in [0.1, 0.15) is 10.7 Å². The Morgan fingerprint density at radius 3 is 2.40 bits per heavy atom. The largest absolute Gasteiger partial charge is 0.395 e. The van der Waals surface area contributed by atoms with Crippen molar-refractivity contribution in [3.63, 3.8) is 0 Å². The van der Waals surface area contributed by atoms with Crippen molar-refractivity contribution in [3.05, 3.63) is 53.8 Å². The number of rotatable bonds is 3. The van der Waals surface area contributed by atoms with Gasteiger partial charge in [0.05, 0.1) is 17.3 Å². The maximum atomic E-state index is 13.3. The number of sulfonamides is 1. The number of hydrogen-bond acceptors (Lipinski definition) is 4. The van der Waals surface area contributed by atoms with Crippen molar-refractivity contribution in [2.24, 2.45) is 0 Å². The van der Waals surface area contributed by atoms with Crippen LogP contribution in [0.4, 0.5) is 15.8 Å². The summed E-state index contributed by atoms with van der Waals surface area (Å²) >= 11 is 0. The van der Waals surface area contributed by atoms with E-state index in [1.165, 1.54) is 36.4 Å². The Hall–Kier alpha value is -2.59. The van der Waals surface area contributed by atoms with E-state index in [2.05, 4.69) is 4.72 Å². The van der Waals surface area contributed by atoms with E-state index in [0.29, 0.717) is 5.56 Å². The molecule has 0 radical (unpaired) electrons. The second kappa shape index (κ2) is 5.19. The Kier molecular flexibility index (Phi) is 3.59. The van der Waals surface area contributed by atoms with E-state index >= 15 is 0 Å².